The van der Waals surface area contributed by atoms with Gasteiger partial charge in [0.25, 0.3) is 5.82 Å². The summed E-state index contributed by atoms with van der Waals surface area (Å²) in [7, 11) is 0. The van der Waals surface area contributed by atoms with Crippen molar-refractivity contribution >= 4 is 0 Å². The van der Waals surface area contributed by atoms with E-state index in [0.717, 1.165) is 0 Å². The lowest BCUT2D eigenvalue weighted by atomic mass is 10.1. The van der Waals surface area contributed by atoms with Crippen molar-refractivity contribution in [1.29, 1.82) is 0 Å². The van der Waals surface area contributed by atoms with Gasteiger partial charge in [-0.15, -0.1) is 0 Å². The zero-order valence-electron chi connectivity index (χ0n) is 28.2. The number of unbranched alkanes of at least 4 members (excludes halogenated alkanes) is 26. The van der Waals surface area contributed by atoms with Crippen LogP contribution in [0.4, 0.5) is 0 Å². The highest BCUT2D eigenvalue weighted by atomic mass is 15.1. The zero-order valence-corrected chi connectivity index (χ0v) is 28.2. The summed E-state index contributed by atoms with van der Waals surface area (Å²) >= 11 is 0. The number of nitrogens with zero attached hydrogens (tertiary/aromatic N) is 2. The molecule has 1 aromatic heterocycles. The van der Waals surface area contributed by atoms with Crippen molar-refractivity contribution in [2.45, 2.75) is 226 Å². The van der Waals surface area contributed by atoms with E-state index in [0.29, 0.717) is 0 Å². The maximum Gasteiger partial charge on any atom is 0.256 e. The van der Waals surface area contributed by atoms with Gasteiger partial charge in [0.15, 0.2) is 0 Å². The molecule has 0 N–H and O–H groups in total. The molecular formula is C38H75N2+. The van der Waals surface area contributed by atoms with E-state index in [1.54, 1.807) is 5.82 Å². The topological polar surface area (TPSA) is 8.81 Å². The van der Waals surface area contributed by atoms with Gasteiger partial charge in [-0.1, -0.05) is 175 Å². The minimum absolute atomic E-state index is 1.23. The number of hydrogen-bond acceptors (Lipinski definition) is 0. The van der Waals surface area contributed by atoms with Crippen molar-refractivity contribution in [1.82, 2.24) is 4.57 Å². The molecule has 1 rings (SSSR count). The van der Waals surface area contributed by atoms with Gasteiger partial charge in [0.05, 0.1) is 13.1 Å². The van der Waals surface area contributed by atoms with Crippen LogP contribution in [0.5, 0.6) is 0 Å². The van der Waals surface area contributed by atoms with Gasteiger partial charge in [-0.25, -0.2) is 9.13 Å². The van der Waals surface area contributed by atoms with Gasteiger partial charge >= 0.3 is 0 Å². The molecule has 1 heterocycles. The molecule has 1 aromatic rings. The van der Waals surface area contributed by atoms with Crippen LogP contribution in [0.2, 0.25) is 0 Å². The molecule has 0 radical (unpaired) electrons. The minimum atomic E-state index is 1.23. The third kappa shape index (κ3) is 21.9. The van der Waals surface area contributed by atoms with Crippen LogP contribution in [-0.2, 0) is 19.5 Å². The second-order valence-electron chi connectivity index (χ2n) is 13.0. The van der Waals surface area contributed by atoms with Gasteiger partial charge in [0.2, 0.25) is 0 Å². The molecular weight excluding hydrogens is 484 g/mol. The molecule has 0 bridgehead atoms. The SMILES string of the molecule is CCCCCCCCCCCCCCn1cc[n+](CCCCCCCCC)c1CCCCCCCCCCCC. The van der Waals surface area contributed by atoms with Crippen LogP contribution < -0.4 is 4.57 Å². The van der Waals surface area contributed by atoms with E-state index < -0.39 is 0 Å². The lowest BCUT2D eigenvalue weighted by Crippen LogP contribution is -2.37. The zero-order chi connectivity index (χ0) is 28.8. The van der Waals surface area contributed by atoms with Crippen molar-refractivity contribution < 1.29 is 4.57 Å². The first-order chi connectivity index (χ1) is 19.8. The molecule has 0 atom stereocenters. The van der Waals surface area contributed by atoms with Crippen LogP contribution in [0.3, 0.4) is 0 Å². The van der Waals surface area contributed by atoms with Gasteiger partial charge in [0.1, 0.15) is 12.4 Å². The molecule has 40 heavy (non-hydrogen) atoms. The summed E-state index contributed by atoms with van der Waals surface area (Å²) in [6.45, 7) is 9.40. The quantitative estimate of drug-likeness (QED) is 0.0613. The first-order valence-corrected chi connectivity index (χ1v) is 18.9. The number of rotatable bonds is 32. The Labute approximate surface area is 253 Å². The number of imidazole rings is 1. The van der Waals surface area contributed by atoms with E-state index in [1.165, 1.54) is 206 Å². The summed E-state index contributed by atoms with van der Waals surface area (Å²) in [5.74, 6) is 1.62. The van der Waals surface area contributed by atoms with Crippen LogP contribution in [0.25, 0.3) is 0 Å². The Hall–Kier alpha value is -0.790. The van der Waals surface area contributed by atoms with E-state index in [-0.39, 0.29) is 0 Å². The van der Waals surface area contributed by atoms with Crippen LogP contribution in [0.15, 0.2) is 12.4 Å². The van der Waals surface area contributed by atoms with Crippen molar-refractivity contribution in [3.05, 3.63) is 18.2 Å². The van der Waals surface area contributed by atoms with Crippen molar-refractivity contribution in [2.75, 3.05) is 0 Å². The van der Waals surface area contributed by atoms with Crippen LogP contribution in [-0.4, -0.2) is 4.57 Å². The normalized spacial score (nSPS) is 11.6. The lowest BCUT2D eigenvalue weighted by molar-refractivity contribution is -0.704. The third-order valence-electron chi connectivity index (χ3n) is 9.10. The maximum absolute atomic E-state index is 2.63. The van der Waals surface area contributed by atoms with E-state index >= 15 is 0 Å². The molecule has 0 unspecified atom stereocenters. The maximum atomic E-state index is 2.63. The molecule has 2 heteroatoms. The highest BCUT2D eigenvalue weighted by Crippen LogP contribution is 2.15. The Morgan fingerprint density at radius 2 is 0.775 bits per heavy atom. The summed E-state index contributed by atoms with van der Waals surface area (Å²) < 4.78 is 5.26. The summed E-state index contributed by atoms with van der Waals surface area (Å²) in [6, 6.07) is 0. The Morgan fingerprint density at radius 1 is 0.425 bits per heavy atom. The van der Waals surface area contributed by atoms with Crippen LogP contribution >= 0.6 is 0 Å². The molecule has 236 valence electrons. The molecule has 0 amide bonds. The standard InChI is InChI=1S/C38H75N2/c1-4-7-10-13-16-18-20-21-23-26-29-32-35-40-37-36-39(34-31-28-25-15-12-9-6-3)38(40)33-30-27-24-22-19-17-14-11-8-5-2/h36-37H,4-35H2,1-3H3/q+1. The molecule has 0 spiro atoms. The lowest BCUT2D eigenvalue weighted by Gasteiger charge is -2.07. The predicted molar refractivity (Wildman–Crippen MR) is 179 cm³/mol. The van der Waals surface area contributed by atoms with Gasteiger partial charge in [-0.2, -0.15) is 0 Å². The van der Waals surface area contributed by atoms with E-state index in [9.17, 15) is 0 Å². The molecule has 0 aliphatic carbocycles. The molecule has 0 saturated heterocycles. The van der Waals surface area contributed by atoms with E-state index in [2.05, 4.69) is 42.3 Å². The Kier molecular flexibility index (Phi) is 27.6. The molecule has 0 fully saturated rings. The third-order valence-corrected chi connectivity index (χ3v) is 9.10. The Balaban J connectivity index is 2.30. The first-order valence-electron chi connectivity index (χ1n) is 18.9. The van der Waals surface area contributed by atoms with Gasteiger partial charge in [-0.05, 0) is 32.1 Å². The molecule has 0 saturated carbocycles. The number of aromatic nitrogens is 2. The van der Waals surface area contributed by atoms with Gasteiger partial charge in [0, 0.05) is 6.42 Å². The fraction of sp³-hybridized carbons (Fsp3) is 0.921. The highest BCUT2D eigenvalue weighted by molar-refractivity contribution is 4.84. The summed E-state index contributed by atoms with van der Waals surface area (Å²) in [5, 5.41) is 0. The average molecular weight is 560 g/mol. The largest absolute Gasteiger partial charge is 0.256 e. The summed E-state index contributed by atoms with van der Waals surface area (Å²) in [4.78, 5) is 0. The fourth-order valence-electron chi connectivity index (χ4n) is 6.33. The molecule has 2 nitrogen and oxygen atoms in total. The van der Waals surface area contributed by atoms with E-state index in [4.69, 9.17) is 0 Å². The first kappa shape index (κ1) is 37.2. The number of hydrogen-bond donors (Lipinski definition) is 0. The second kappa shape index (κ2) is 29.7. The van der Waals surface area contributed by atoms with Crippen molar-refractivity contribution in [3.63, 3.8) is 0 Å². The average Bonchev–Trinajstić information content (AvgIpc) is 3.35. The van der Waals surface area contributed by atoms with E-state index in [1.807, 2.05) is 0 Å². The highest BCUT2D eigenvalue weighted by Gasteiger charge is 2.16. The summed E-state index contributed by atoms with van der Waals surface area (Å²) in [5.41, 5.74) is 0. The van der Waals surface area contributed by atoms with Gasteiger partial charge in [-0.3, -0.25) is 0 Å². The minimum Gasteiger partial charge on any atom is -0.234 e. The van der Waals surface area contributed by atoms with Crippen molar-refractivity contribution in [3.8, 4) is 0 Å². The van der Waals surface area contributed by atoms with Gasteiger partial charge < -0.3 is 0 Å². The number of aryl methyl sites for hydroxylation is 2. The fourth-order valence-corrected chi connectivity index (χ4v) is 6.33. The molecule has 0 aliphatic rings. The molecule has 0 aromatic carbocycles. The van der Waals surface area contributed by atoms with Crippen molar-refractivity contribution in [2.24, 2.45) is 0 Å². The monoisotopic (exact) mass is 560 g/mol. The summed E-state index contributed by atoms with van der Waals surface area (Å²) in [6.07, 6.45) is 47.4. The molecule has 0 aliphatic heterocycles. The van der Waals surface area contributed by atoms with Crippen LogP contribution in [0.1, 0.15) is 213 Å². The second-order valence-corrected chi connectivity index (χ2v) is 13.0. The Bertz CT molecular complexity index is 619. The Morgan fingerprint density at radius 3 is 1.20 bits per heavy atom. The van der Waals surface area contributed by atoms with Crippen LogP contribution in [0, 0.1) is 0 Å². The predicted octanol–water partition coefficient (Wildman–Crippen LogP) is 12.7. The smallest absolute Gasteiger partial charge is 0.234 e.